The molecule has 1 unspecified atom stereocenters. The molecule has 0 saturated heterocycles. The third-order valence-corrected chi connectivity index (χ3v) is 3.13. The quantitative estimate of drug-likeness (QED) is 0.452. The molecule has 0 saturated carbocycles. The van der Waals surface area contributed by atoms with Crippen molar-refractivity contribution in [3.8, 4) is 0 Å². The Labute approximate surface area is 146 Å². The first-order chi connectivity index (χ1) is 9.69. The topological polar surface area (TPSA) is 62.5 Å². The number of aliphatic imine (C=N–C) groups is 1. The molecule has 1 aromatic heterocycles. The highest BCUT2D eigenvalue weighted by molar-refractivity contribution is 14.0. The summed E-state index contributed by atoms with van der Waals surface area (Å²) in [6, 6.07) is 9.66. The molecule has 1 aromatic carbocycles. The highest BCUT2D eigenvalue weighted by Crippen LogP contribution is 2.15. The molecule has 0 aliphatic carbocycles. The van der Waals surface area contributed by atoms with Crippen LogP contribution in [-0.4, -0.2) is 18.2 Å². The van der Waals surface area contributed by atoms with Gasteiger partial charge in [0.05, 0.1) is 12.6 Å². The summed E-state index contributed by atoms with van der Waals surface area (Å²) in [6.45, 7) is 2.62. The van der Waals surface area contributed by atoms with Crippen LogP contribution in [0.4, 0.5) is 0 Å². The third kappa shape index (κ3) is 5.55. The highest BCUT2D eigenvalue weighted by atomic mass is 127. The van der Waals surface area contributed by atoms with Gasteiger partial charge in [-0.1, -0.05) is 28.9 Å². The van der Waals surface area contributed by atoms with E-state index in [0.717, 1.165) is 16.3 Å². The zero-order chi connectivity index (χ0) is 14.4. The molecule has 2 rings (SSSR count). The Hall–Kier alpha value is -1.28. The van der Waals surface area contributed by atoms with Crippen molar-refractivity contribution in [3.63, 3.8) is 0 Å². The molecule has 21 heavy (non-hydrogen) atoms. The smallest absolute Gasteiger partial charge is 0.191 e. The SMILES string of the molecule is CN=C(NCc1ccon1)NC(C)c1ccc(Cl)cc1.I. The van der Waals surface area contributed by atoms with Crippen molar-refractivity contribution < 1.29 is 4.52 Å². The summed E-state index contributed by atoms with van der Waals surface area (Å²) in [5.74, 6) is 0.704. The van der Waals surface area contributed by atoms with Gasteiger partial charge in [0.15, 0.2) is 5.96 Å². The number of nitrogens with one attached hydrogen (secondary N) is 2. The van der Waals surface area contributed by atoms with Crippen LogP contribution in [0.25, 0.3) is 0 Å². The van der Waals surface area contributed by atoms with E-state index in [1.54, 1.807) is 13.3 Å². The predicted octanol–water partition coefficient (Wildman–Crippen LogP) is 3.37. The van der Waals surface area contributed by atoms with Crippen LogP contribution in [0, 0.1) is 0 Å². The Balaban J connectivity index is 0.00000220. The lowest BCUT2D eigenvalue weighted by Gasteiger charge is -2.18. The maximum atomic E-state index is 5.88. The fraction of sp³-hybridized carbons (Fsp3) is 0.286. The molecule has 0 fully saturated rings. The first-order valence-corrected chi connectivity index (χ1v) is 6.68. The summed E-state index contributed by atoms with van der Waals surface area (Å²) in [7, 11) is 1.73. The van der Waals surface area contributed by atoms with Crippen molar-refractivity contribution >= 4 is 41.5 Å². The van der Waals surface area contributed by atoms with E-state index < -0.39 is 0 Å². The van der Waals surface area contributed by atoms with Crippen LogP contribution in [-0.2, 0) is 6.54 Å². The Bertz CT molecular complexity index is 557. The van der Waals surface area contributed by atoms with E-state index in [9.17, 15) is 0 Å². The molecule has 1 atom stereocenters. The van der Waals surface area contributed by atoms with Crippen molar-refractivity contribution in [2.75, 3.05) is 7.05 Å². The van der Waals surface area contributed by atoms with Gasteiger partial charge in [0.1, 0.15) is 12.0 Å². The van der Waals surface area contributed by atoms with Gasteiger partial charge in [-0.15, -0.1) is 24.0 Å². The molecular weight excluding hydrogens is 403 g/mol. The Morgan fingerprint density at radius 2 is 2.05 bits per heavy atom. The minimum Gasteiger partial charge on any atom is -0.364 e. The van der Waals surface area contributed by atoms with Gasteiger partial charge < -0.3 is 15.2 Å². The number of hydrogen-bond donors (Lipinski definition) is 2. The summed E-state index contributed by atoms with van der Waals surface area (Å²) in [4.78, 5) is 4.18. The molecular formula is C14H18ClIN4O. The third-order valence-electron chi connectivity index (χ3n) is 2.88. The van der Waals surface area contributed by atoms with Gasteiger partial charge in [0, 0.05) is 18.1 Å². The summed E-state index contributed by atoms with van der Waals surface area (Å²) in [6.07, 6.45) is 1.55. The molecule has 0 aliphatic rings. The van der Waals surface area contributed by atoms with Crippen LogP contribution >= 0.6 is 35.6 Å². The van der Waals surface area contributed by atoms with Crippen molar-refractivity contribution in [2.24, 2.45) is 4.99 Å². The number of nitrogens with zero attached hydrogens (tertiary/aromatic N) is 2. The molecule has 1 heterocycles. The molecule has 0 spiro atoms. The Kier molecular flexibility index (Phi) is 7.52. The lowest BCUT2D eigenvalue weighted by molar-refractivity contribution is 0.410. The van der Waals surface area contributed by atoms with Crippen LogP contribution in [0.2, 0.25) is 5.02 Å². The number of guanidine groups is 1. The van der Waals surface area contributed by atoms with Gasteiger partial charge in [-0.25, -0.2) is 0 Å². The molecule has 7 heteroatoms. The number of benzene rings is 1. The first kappa shape index (κ1) is 17.8. The van der Waals surface area contributed by atoms with E-state index >= 15 is 0 Å². The van der Waals surface area contributed by atoms with E-state index in [2.05, 4.69) is 27.7 Å². The molecule has 114 valence electrons. The van der Waals surface area contributed by atoms with Crippen molar-refractivity contribution in [3.05, 3.63) is 52.9 Å². The summed E-state index contributed by atoms with van der Waals surface area (Å²) in [5.41, 5.74) is 1.96. The summed E-state index contributed by atoms with van der Waals surface area (Å²) in [5, 5.41) is 11.0. The number of hydrogen-bond acceptors (Lipinski definition) is 3. The van der Waals surface area contributed by atoms with E-state index in [4.69, 9.17) is 16.1 Å². The summed E-state index contributed by atoms with van der Waals surface area (Å²) >= 11 is 5.88. The average molecular weight is 421 g/mol. The largest absolute Gasteiger partial charge is 0.364 e. The van der Waals surface area contributed by atoms with Crippen molar-refractivity contribution in [2.45, 2.75) is 19.5 Å². The number of aromatic nitrogens is 1. The van der Waals surface area contributed by atoms with E-state index in [1.807, 2.05) is 30.3 Å². The average Bonchev–Trinajstić information content (AvgIpc) is 2.97. The van der Waals surface area contributed by atoms with Crippen molar-refractivity contribution in [1.29, 1.82) is 0 Å². The van der Waals surface area contributed by atoms with Crippen LogP contribution in [0.3, 0.4) is 0 Å². The van der Waals surface area contributed by atoms with Crippen molar-refractivity contribution in [1.82, 2.24) is 15.8 Å². The molecule has 5 nitrogen and oxygen atoms in total. The standard InChI is InChI=1S/C14H17ClN4O.HI/c1-10(11-3-5-12(15)6-4-11)18-14(16-2)17-9-13-7-8-20-19-13;/h3-8,10H,9H2,1-2H3,(H2,16,17,18);1H. The van der Waals surface area contributed by atoms with Gasteiger partial charge in [0.25, 0.3) is 0 Å². The molecule has 0 bridgehead atoms. The van der Waals surface area contributed by atoms with Gasteiger partial charge in [-0.05, 0) is 24.6 Å². The second kappa shape index (κ2) is 8.89. The maximum absolute atomic E-state index is 5.88. The first-order valence-electron chi connectivity index (χ1n) is 6.31. The highest BCUT2D eigenvalue weighted by Gasteiger charge is 2.08. The molecule has 0 amide bonds. The van der Waals surface area contributed by atoms with Crippen LogP contribution in [0.1, 0.15) is 24.2 Å². The fourth-order valence-corrected chi connectivity index (χ4v) is 1.86. The number of rotatable bonds is 4. The lowest BCUT2D eigenvalue weighted by Crippen LogP contribution is -2.38. The van der Waals surface area contributed by atoms with Gasteiger partial charge in [-0.2, -0.15) is 0 Å². The normalized spacial score (nSPS) is 12.4. The second-order valence-electron chi connectivity index (χ2n) is 4.33. The van der Waals surface area contributed by atoms with Gasteiger partial charge in [0.2, 0.25) is 0 Å². The minimum absolute atomic E-state index is 0. The van der Waals surface area contributed by atoms with Crippen LogP contribution in [0.5, 0.6) is 0 Å². The second-order valence-corrected chi connectivity index (χ2v) is 4.77. The number of halogens is 2. The predicted molar refractivity (Wildman–Crippen MR) is 95.1 cm³/mol. The van der Waals surface area contributed by atoms with E-state index in [0.29, 0.717) is 12.5 Å². The molecule has 0 aliphatic heterocycles. The minimum atomic E-state index is 0. The van der Waals surface area contributed by atoms with Crippen LogP contribution < -0.4 is 10.6 Å². The fourth-order valence-electron chi connectivity index (χ4n) is 1.74. The molecule has 0 radical (unpaired) electrons. The maximum Gasteiger partial charge on any atom is 0.191 e. The van der Waals surface area contributed by atoms with Gasteiger partial charge >= 0.3 is 0 Å². The molecule has 2 N–H and O–H groups in total. The van der Waals surface area contributed by atoms with Crippen LogP contribution in [0.15, 0.2) is 46.1 Å². The van der Waals surface area contributed by atoms with Gasteiger partial charge in [-0.3, -0.25) is 4.99 Å². The Morgan fingerprint density at radius 3 is 2.62 bits per heavy atom. The Morgan fingerprint density at radius 1 is 1.33 bits per heavy atom. The monoisotopic (exact) mass is 420 g/mol. The lowest BCUT2D eigenvalue weighted by atomic mass is 10.1. The molecule has 2 aromatic rings. The van der Waals surface area contributed by atoms with E-state index in [-0.39, 0.29) is 30.0 Å². The van der Waals surface area contributed by atoms with E-state index in [1.165, 1.54) is 0 Å². The zero-order valence-corrected chi connectivity index (χ0v) is 14.9. The summed E-state index contributed by atoms with van der Waals surface area (Å²) < 4.78 is 4.78. The zero-order valence-electron chi connectivity index (χ0n) is 11.8.